The standard InChI is InChI=1S/C14H24N2O3S/c1-3-5-14(6-4-7-15-9-14)13(19)16-10(2)20-8-11(16)12(17)18/h10-11,15H,3-9H2,1-2H3,(H,17,18). The van der Waals surface area contributed by atoms with Gasteiger partial charge in [-0.3, -0.25) is 4.79 Å². The summed E-state index contributed by atoms with van der Waals surface area (Å²) in [6.45, 7) is 5.65. The van der Waals surface area contributed by atoms with E-state index in [9.17, 15) is 14.7 Å². The summed E-state index contributed by atoms with van der Waals surface area (Å²) in [5, 5.41) is 12.6. The minimum atomic E-state index is -0.884. The van der Waals surface area contributed by atoms with Crippen LogP contribution in [-0.4, -0.2) is 52.1 Å². The van der Waals surface area contributed by atoms with E-state index in [0.29, 0.717) is 12.3 Å². The van der Waals surface area contributed by atoms with Gasteiger partial charge in [-0.05, 0) is 32.7 Å². The third-order valence-electron chi connectivity index (χ3n) is 4.40. The first-order valence-corrected chi connectivity index (χ1v) is 8.44. The first-order chi connectivity index (χ1) is 9.52. The number of amides is 1. The Kier molecular flexibility index (Phi) is 4.96. The van der Waals surface area contributed by atoms with Gasteiger partial charge >= 0.3 is 5.97 Å². The molecule has 2 rings (SSSR count). The van der Waals surface area contributed by atoms with E-state index in [-0.39, 0.29) is 11.3 Å². The molecule has 0 aromatic carbocycles. The van der Waals surface area contributed by atoms with Gasteiger partial charge in [0.05, 0.1) is 10.8 Å². The fraction of sp³-hybridized carbons (Fsp3) is 0.857. The molecular weight excluding hydrogens is 276 g/mol. The number of aliphatic carboxylic acids is 1. The molecule has 0 aliphatic carbocycles. The van der Waals surface area contributed by atoms with Gasteiger partial charge in [-0.2, -0.15) is 0 Å². The van der Waals surface area contributed by atoms with E-state index >= 15 is 0 Å². The van der Waals surface area contributed by atoms with Crippen LogP contribution in [-0.2, 0) is 9.59 Å². The molecule has 0 aromatic heterocycles. The minimum absolute atomic E-state index is 0.0384. The van der Waals surface area contributed by atoms with Gasteiger partial charge in [0.2, 0.25) is 5.91 Å². The van der Waals surface area contributed by atoms with E-state index in [1.54, 1.807) is 16.7 Å². The van der Waals surface area contributed by atoms with E-state index in [2.05, 4.69) is 12.2 Å². The Bertz CT molecular complexity index is 377. The Morgan fingerprint density at radius 1 is 1.50 bits per heavy atom. The molecule has 0 aromatic rings. The smallest absolute Gasteiger partial charge is 0.327 e. The summed E-state index contributed by atoms with van der Waals surface area (Å²) in [5.74, 6) is -0.347. The molecule has 0 spiro atoms. The Labute approximate surface area is 124 Å². The second-order valence-electron chi connectivity index (χ2n) is 5.81. The predicted molar refractivity (Wildman–Crippen MR) is 79.6 cm³/mol. The fourth-order valence-corrected chi connectivity index (χ4v) is 4.53. The molecule has 0 bridgehead atoms. The lowest BCUT2D eigenvalue weighted by Crippen LogP contribution is -2.56. The van der Waals surface area contributed by atoms with Crippen molar-refractivity contribution < 1.29 is 14.7 Å². The number of carbonyl (C=O) groups excluding carboxylic acids is 1. The van der Waals surface area contributed by atoms with Gasteiger partial charge in [0.25, 0.3) is 0 Å². The lowest BCUT2D eigenvalue weighted by Gasteiger charge is -2.41. The lowest BCUT2D eigenvalue weighted by molar-refractivity contribution is -0.155. The van der Waals surface area contributed by atoms with Gasteiger partial charge in [-0.1, -0.05) is 13.3 Å². The van der Waals surface area contributed by atoms with Gasteiger partial charge in [-0.25, -0.2) is 4.79 Å². The summed E-state index contributed by atoms with van der Waals surface area (Å²) in [5.41, 5.74) is -0.403. The van der Waals surface area contributed by atoms with Crippen LogP contribution in [0.4, 0.5) is 0 Å². The van der Waals surface area contributed by atoms with E-state index in [0.717, 1.165) is 32.2 Å². The van der Waals surface area contributed by atoms with Crippen molar-refractivity contribution in [3.05, 3.63) is 0 Å². The monoisotopic (exact) mass is 300 g/mol. The van der Waals surface area contributed by atoms with E-state index < -0.39 is 17.4 Å². The molecule has 114 valence electrons. The summed E-state index contributed by atoms with van der Waals surface area (Å²) in [6.07, 6.45) is 3.63. The molecule has 5 nitrogen and oxygen atoms in total. The fourth-order valence-electron chi connectivity index (χ4n) is 3.36. The highest BCUT2D eigenvalue weighted by atomic mass is 32.2. The van der Waals surface area contributed by atoms with Crippen molar-refractivity contribution in [2.75, 3.05) is 18.8 Å². The van der Waals surface area contributed by atoms with Crippen molar-refractivity contribution in [3.8, 4) is 0 Å². The number of nitrogens with one attached hydrogen (secondary N) is 1. The number of hydrogen-bond acceptors (Lipinski definition) is 4. The highest BCUT2D eigenvalue weighted by molar-refractivity contribution is 8.00. The molecule has 2 heterocycles. The van der Waals surface area contributed by atoms with Crippen LogP contribution in [0.25, 0.3) is 0 Å². The number of carbonyl (C=O) groups is 2. The van der Waals surface area contributed by atoms with E-state index in [4.69, 9.17) is 0 Å². The molecular formula is C14H24N2O3S. The van der Waals surface area contributed by atoms with Crippen LogP contribution in [0.3, 0.4) is 0 Å². The number of rotatable bonds is 4. The highest BCUT2D eigenvalue weighted by Gasteiger charge is 2.48. The highest BCUT2D eigenvalue weighted by Crippen LogP contribution is 2.39. The second kappa shape index (κ2) is 6.35. The molecule has 2 N–H and O–H groups in total. The summed E-state index contributed by atoms with van der Waals surface area (Å²) >= 11 is 1.55. The number of carboxylic acid groups (broad SMARTS) is 1. The van der Waals surface area contributed by atoms with Crippen LogP contribution >= 0.6 is 11.8 Å². The first kappa shape index (κ1) is 15.6. The number of carboxylic acids is 1. The molecule has 2 fully saturated rings. The van der Waals surface area contributed by atoms with Crippen molar-refractivity contribution in [3.63, 3.8) is 0 Å². The summed E-state index contributed by atoms with van der Waals surface area (Å²) in [6, 6.07) is -0.668. The van der Waals surface area contributed by atoms with Crippen molar-refractivity contribution in [1.29, 1.82) is 0 Å². The minimum Gasteiger partial charge on any atom is -0.480 e. The zero-order valence-electron chi connectivity index (χ0n) is 12.2. The molecule has 0 saturated carbocycles. The molecule has 2 aliphatic rings. The van der Waals surface area contributed by atoms with Crippen LogP contribution in [0.5, 0.6) is 0 Å². The summed E-state index contributed by atoms with van der Waals surface area (Å²) in [7, 11) is 0. The molecule has 6 heteroatoms. The van der Waals surface area contributed by atoms with Gasteiger partial charge in [0, 0.05) is 12.3 Å². The normalized spacial score (nSPS) is 34.2. The van der Waals surface area contributed by atoms with Gasteiger partial charge < -0.3 is 15.3 Å². The molecule has 2 aliphatic heterocycles. The summed E-state index contributed by atoms with van der Waals surface area (Å²) in [4.78, 5) is 26.1. The van der Waals surface area contributed by atoms with Gasteiger partial charge in [-0.15, -0.1) is 11.8 Å². The van der Waals surface area contributed by atoms with E-state index in [1.165, 1.54) is 0 Å². The topological polar surface area (TPSA) is 69.6 Å². The first-order valence-electron chi connectivity index (χ1n) is 7.40. The Morgan fingerprint density at radius 3 is 2.80 bits per heavy atom. The Balaban J connectivity index is 2.23. The average molecular weight is 300 g/mol. The van der Waals surface area contributed by atoms with Crippen molar-refractivity contribution in [2.24, 2.45) is 5.41 Å². The van der Waals surface area contributed by atoms with Crippen LogP contribution in [0.2, 0.25) is 0 Å². The number of thioether (sulfide) groups is 1. The number of hydrogen-bond donors (Lipinski definition) is 2. The maximum atomic E-state index is 13.0. The molecule has 20 heavy (non-hydrogen) atoms. The maximum Gasteiger partial charge on any atom is 0.327 e. The van der Waals surface area contributed by atoms with Crippen molar-refractivity contribution >= 4 is 23.6 Å². The van der Waals surface area contributed by atoms with Crippen LogP contribution in [0.1, 0.15) is 39.5 Å². The zero-order valence-corrected chi connectivity index (χ0v) is 13.0. The maximum absolute atomic E-state index is 13.0. The second-order valence-corrected chi connectivity index (χ2v) is 7.16. The van der Waals surface area contributed by atoms with Crippen LogP contribution < -0.4 is 5.32 Å². The van der Waals surface area contributed by atoms with Crippen molar-refractivity contribution in [1.82, 2.24) is 10.2 Å². The van der Waals surface area contributed by atoms with E-state index in [1.807, 2.05) is 6.92 Å². The molecule has 0 radical (unpaired) electrons. The third-order valence-corrected chi connectivity index (χ3v) is 5.61. The largest absolute Gasteiger partial charge is 0.480 e. The van der Waals surface area contributed by atoms with Crippen LogP contribution in [0.15, 0.2) is 0 Å². The molecule has 3 atom stereocenters. The third kappa shape index (κ3) is 2.81. The SMILES string of the molecule is CCCC1(C(=O)N2C(C)SCC2C(=O)O)CCCNC1. The molecule has 2 saturated heterocycles. The van der Waals surface area contributed by atoms with Gasteiger partial charge in [0.1, 0.15) is 6.04 Å². The van der Waals surface area contributed by atoms with Crippen LogP contribution in [0, 0.1) is 5.41 Å². The zero-order chi connectivity index (χ0) is 14.8. The number of nitrogens with zero attached hydrogens (tertiary/aromatic N) is 1. The molecule has 3 unspecified atom stereocenters. The van der Waals surface area contributed by atoms with Gasteiger partial charge in [0.15, 0.2) is 0 Å². The summed E-state index contributed by atoms with van der Waals surface area (Å²) < 4.78 is 0. The average Bonchev–Trinajstić information content (AvgIpc) is 2.81. The van der Waals surface area contributed by atoms with Crippen molar-refractivity contribution in [2.45, 2.75) is 50.9 Å². The predicted octanol–water partition coefficient (Wildman–Crippen LogP) is 1.53. The Morgan fingerprint density at radius 2 is 2.25 bits per heavy atom. The number of piperidine rings is 1. The Hall–Kier alpha value is -0.750. The lowest BCUT2D eigenvalue weighted by atomic mass is 9.75. The quantitative estimate of drug-likeness (QED) is 0.824. The molecule has 1 amide bonds.